The highest BCUT2D eigenvalue weighted by Crippen LogP contribution is 2.28. The van der Waals surface area contributed by atoms with E-state index in [2.05, 4.69) is 15.3 Å². The lowest BCUT2D eigenvalue weighted by molar-refractivity contribution is 0.497. The van der Waals surface area contributed by atoms with Gasteiger partial charge < -0.3 is 25.7 Å². The standard InChI is InChI=1S/C15H22N5O2P/c1-4-20(5-2)15-17-10(3)13(16)14(19-15)18-11-7-6-8-12(9-11)23(21)22/h6-9,21-22H,4-5,16H2,1-3H3,(H,17,18,19). The zero-order valence-corrected chi connectivity index (χ0v) is 14.4. The first-order valence-electron chi connectivity index (χ1n) is 7.40. The predicted molar refractivity (Wildman–Crippen MR) is 95.5 cm³/mol. The number of hydrogen-bond donors (Lipinski definition) is 4. The molecule has 2 aromatic rings. The average molecular weight is 335 g/mol. The summed E-state index contributed by atoms with van der Waals surface area (Å²) in [5.41, 5.74) is 7.94. The Morgan fingerprint density at radius 1 is 1.22 bits per heavy atom. The fourth-order valence-corrected chi connectivity index (χ4v) is 2.63. The van der Waals surface area contributed by atoms with Gasteiger partial charge >= 0.3 is 0 Å². The lowest BCUT2D eigenvalue weighted by Gasteiger charge is -2.21. The summed E-state index contributed by atoms with van der Waals surface area (Å²) >= 11 is 0. The van der Waals surface area contributed by atoms with E-state index < -0.39 is 8.38 Å². The molecule has 7 nitrogen and oxygen atoms in total. The molecule has 124 valence electrons. The monoisotopic (exact) mass is 335 g/mol. The van der Waals surface area contributed by atoms with Crippen molar-refractivity contribution in [3.8, 4) is 0 Å². The highest BCUT2D eigenvalue weighted by molar-refractivity contribution is 7.54. The lowest BCUT2D eigenvalue weighted by Crippen LogP contribution is -2.25. The molecular weight excluding hydrogens is 313 g/mol. The molecule has 0 unspecified atom stereocenters. The molecule has 1 aromatic carbocycles. The van der Waals surface area contributed by atoms with Gasteiger partial charge in [-0.05, 0) is 39.0 Å². The van der Waals surface area contributed by atoms with Gasteiger partial charge in [0.25, 0.3) is 0 Å². The van der Waals surface area contributed by atoms with E-state index in [0.717, 1.165) is 13.1 Å². The number of benzene rings is 1. The van der Waals surface area contributed by atoms with Crippen molar-refractivity contribution in [2.75, 3.05) is 29.0 Å². The van der Waals surface area contributed by atoms with Crippen LogP contribution in [-0.2, 0) is 0 Å². The number of aromatic nitrogens is 2. The van der Waals surface area contributed by atoms with Gasteiger partial charge in [-0.15, -0.1) is 0 Å². The van der Waals surface area contributed by atoms with Crippen LogP contribution in [0.2, 0.25) is 0 Å². The molecule has 0 aliphatic carbocycles. The Hall–Kier alpha value is -1.95. The molecule has 2 rings (SSSR count). The van der Waals surface area contributed by atoms with Crippen molar-refractivity contribution < 1.29 is 9.79 Å². The Balaban J connectivity index is 2.37. The third kappa shape index (κ3) is 4.07. The molecule has 0 atom stereocenters. The van der Waals surface area contributed by atoms with E-state index >= 15 is 0 Å². The number of nitrogens with two attached hydrogens (primary N) is 1. The van der Waals surface area contributed by atoms with E-state index in [0.29, 0.717) is 34.1 Å². The first-order valence-corrected chi connectivity index (χ1v) is 8.65. The molecule has 5 N–H and O–H groups in total. The van der Waals surface area contributed by atoms with E-state index in [-0.39, 0.29) is 0 Å². The second-order valence-electron chi connectivity index (χ2n) is 5.01. The SMILES string of the molecule is CCN(CC)c1nc(C)c(N)c(Nc2cccc(P(O)O)c2)n1. The zero-order chi connectivity index (χ0) is 17.0. The van der Waals surface area contributed by atoms with Crippen LogP contribution in [0.5, 0.6) is 0 Å². The fourth-order valence-electron chi connectivity index (χ4n) is 2.15. The van der Waals surface area contributed by atoms with Crippen molar-refractivity contribution in [2.45, 2.75) is 20.8 Å². The second kappa shape index (κ2) is 7.55. The van der Waals surface area contributed by atoms with Crippen molar-refractivity contribution in [2.24, 2.45) is 0 Å². The van der Waals surface area contributed by atoms with Crippen LogP contribution in [0.25, 0.3) is 0 Å². The van der Waals surface area contributed by atoms with Crippen LogP contribution < -0.4 is 21.3 Å². The Morgan fingerprint density at radius 3 is 2.52 bits per heavy atom. The molecule has 0 aliphatic heterocycles. The highest BCUT2D eigenvalue weighted by atomic mass is 31.2. The lowest BCUT2D eigenvalue weighted by atomic mass is 10.3. The number of hydrogen-bond acceptors (Lipinski definition) is 7. The van der Waals surface area contributed by atoms with E-state index in [1.54, 1.807) is 18.2 Å². The van der Waals surface area contributed by atoms with Crippen LogP contribution in [-0.4, -0.2) is 32.8 Å². The summed E-state index contributed by atoms with van der Waals surface area (Å²) < 4.78 is 0. The number of nitrogen functional groups attached to an aromatic ring is 1. The fraction of sp³-hybridized carbons (Fsp3) is 0.333. The molecule has 0 saturated carbocycles. The van der Waals surface area contributed by atoms with Gasteiger partial charge in [-0.3, -0.25) is 0 Å². The van der Waals surface area contributed by atoms with E-state index in [4.69, 9.17) is 5.73 Å². The third-order valence-electron chi connectivity index (χ3n) is 3.51. The van der Waals surface area contributed by atoms with E-state index in [9.17, 15) is 9.79 Å². The molecule has 0 saturated heterocycles. The summed E-state index contributed by atoms with van der Waals surface area (Å²) in [4.78, 5) is 29.6. The molecule has 0 fully saturated rings. The van der Waals surface area contributed by atoms with Gasteiger partial charge in [0.2, 0.25) is 5.95 Å². The molecule has 1 aromatic heterocycles. The zero-order valence-electron chi connectivity index (χ0n) is 13.5. The molecular formula is C15H22N5O2P. The Labute approximate surface area is 137 Å². The van der Waals surface area contributed by atoms with Crippen molar-refractivity contribution in [1.82, 2.24) is 9.97 Å². The Kier molecular flexibility index (Phi) is 5.71. The summed E-state index contributed by atoms with van der Waals surface area (Å²) in [5.74, 6) is 1.13. The van der Waals surface area contributed by atoms with Crippen LogP contribution in [0, 0.1) is 6.92 Å². The molecule has 8 heteroatoms. The van der Waals surface area contributed by atoms with Crippen molar-refractivity contribution >= 4 is 36.8 Å². The molecule has 23 heavy (non-hydrogen) atoms. The van der Waals surface area contributed by atoms with Gasteiger partial charge in [-0.1, -0.05) is 6.07 Å². The first-order chi connectivity index (χ1) is 11.0. The first kappa shape index (κ1) is 17.4. The molecule has 0 radical (unpaired) electrons. The van der Waals surface area contributed by atoms with Crippen LogP contribution in [0.4, 0.5) is 23.1 Å². The second-order valence-corrected chi connectivity index (χ2v) is 6.10. The maximum atomic E-state index is 9.33. The maximum Gasteiger partial charge on any atom is 0.227 e. The number of nitrogens with zero attached hydrogens (tertiary/aromatic N) is 3. The van der Waals surface area contributed by atoms with Gasteiger partial charge in [-0.2, -0.15) is 4.98 Å². The van der Waals surface area contributed by atoms with Crippen LogP contribution in [0.15, 0.2) is 24.3 Å². The minimum Gasteiger partial charge on any atom is -0.394 e. The normalized spacial score (nSPS) is 10.9. The summed E-state index contributed by atoms with van der Waals surface area (Å²) in [7, 11) is -2.13. The number of aryl methyl sites for hydroxylation is 1. The molecule has 0 amide bonds. The van der Waals surface area contributed by atoms with Gasteiger partial charge in [0.1, 0.15) is 0 Å². The average Bonchev–Trinajstić information content (AvgIpc) is 2.53. The minimum atomic E-state index is -2.13. The summed E-state index contributed by atoms with van der Waals surface area (Å²) in [6, 6.07) is 6.89. The van der Waals surface area contributed by atoms with Crippen LogP contribution in [0.3, 0.4) is 0 Å². The van der Waals surface area contributed by atoms with Crippen molar-refractivity contribution in [3.05, 3.63) is 30.0 Å². The Morgan fingerprint density at radius 2 is 1.91 bits per heavy atom. The molecule has 0 spiro atoms. The minimum absolute atomic E-state index is 0.457. The quantitative estimate of drug-likeness (QED) is 0.597. The third-order valence-corrected chi connectivity index (χ3v) is 4.25. The topological polar surface area (TPSA) is 108 Å². The van der Waals surface area contributed by atoms with Crippen LogP contribution >= 0.6 is 8.38 Å². The summed E-state index contributed by atoms with van der Waals surface area (Å²) in [6.07, 6.45) is 0. The van der Waals surface area contributed by atoms with Crippen molar-refractivity contribution in [1.29, 1.82) is 0 Å². The smallest absolute Gasteiger partial charge is 0.227 e. The highest BCUT2D eigenvalue weighted by Gasteiger charge is 2.13. The van der Waals surface area contributed by atoms with Crippen LogP contribution in [0.1, 0.15) is 19.5 Å². The molecule has 1 heterocycles. The largest absolute Gasteiger partial charge is 0.394 e. The Bertz CT molecular complexity index is 677. The maximum absolute atomic E-state index is 9.33. The number of anilines is 4. The van der Waals surface area contributed by atoms with E-state index in [1.165, 1.54) is 0 Å². The van der Waals surface area contributed by atoms with Gasteiger partial charge in [0, 0.05) is 24.1 Å². The summed E-state index contributed by atoms with van der Waals surface area (Å²) in [5, 5.41) is 3.59. The van der Waals surface area contributed by atoms with Gasteiger partial charge in [0.15, 0.2) is 14.2 Å². The number of nitrogens with one attached hydrogen (secondary N) is 1. The van der Waals surface area contributed by atoms with E-state index in [1.807, 2.05) is 31.7 Å². The number of rotatable bonds is 6. The predicted octanol–water partition coefficient (Wildman–Crippen LogP) is 1.88. The van der Waals surface area contributed by atoms with Crippen molar-refractivity contribution in [3.63, 3.8) is 0 Å². The molecule has 0 aliphatic rings. The van der Waals surface area contributed by atoms with Gasteiger partial charge in [-0.25, -0.2) is 4.98 Å². The van der Waals surface area contributed by atoms with Gasteiger partial charge in [0.05, 0.1) is 11.4 Å². The summed E-state index contributed by atoms with van der Waals surface area (Å²) in [6.45, 7) is 7.52. The molecule has 0 bridgehead atoms.